The van der Waals surface area contributed by atoms with Crippen LogP contribution < -0.4 is 5.32 Å². The van der Waals surface area contributed by atoms with Crippen molar-refractivity contribution in [3.63, 3.8) is 0 Å². The van der Waals surface area contributed by atoms with Gasteiger partial charge in [-0.25, -0.2) is 0 Å². The Morgan fingerprint density at radius 2 is 1.89 bits per heavy atom. The van der Waals surface area contributed by atoms with Crippen LogP contribution in [0.2, 0.25) is 0 Å². The molecular formula is C16H31NO. The first-order chi connectivity index (χ1) is 8.55. The van der Waals surface area contributed by atoms with Gasteiger partial charge in [-0.15, -0.1) is 0 Å². The largest absolute Gasteiger partial charge is 0.370 e. The van der Waals surface area contributed by atoms with Crippen LogP contribution in [-0.4, -0.2) is 24.8 Å². The third kappa shape index (κ3) is 3.71. The van der Waals surface area contributed by atoms with E-state index in [0.717, 1.165) is 13.1 Å². The summed E-state index contributed by atoms with van der Waals surface area (Å²) in [7, 11) is 0. The predicted molar refractivity (Wildman–Crippen MR) is 76.9 cm³/mol. The van der Waals surface area contributed by atoms with Crippen molar-refractivity contribution in [2.45, 2.75) is 83.8 Å². The second-order valence-electron chi connectivity index (χ2n) is 7.17. The van der Waals surface area contributed by atoms with Gasteiger partial charge in [0.2, 0.25) is 0 Å². The van der Waals surface area contributed by atoms with E-state index in [0.29, 0.717) is 11.5 Å². The van der Waals surface area contributed by atoms with Crippen LogP contribution in [0.5, 0.6) is 0 Å². The molecule has 1 unspecified atom stereocenters. The third-order valence-corrected chi connectivity index (χ3v) is 5.04. The first kappa shape index (κ1) is 14.3. The van der Waals surface area contributed by atoms with E-state index in [-0.39, 0.29) is 5.60 Å². The van der Waals surface area contributed by atoms with Crippen molar-refractivity contribution < 1.29 is 4.74 Å². The molecule has 2 fully saturated rings. The molecule has 0 aromatic carbocycles. The van der Waals surface area contributed by atoms with Gasteiger partial charge in [-0.3, -0.25) is 0 Å². The third-order valence-electron chi connectivity index (χ3n) is 5.04. The summed E-state index contributed by atoms with van der Waals surface area (Å²) in [4.78, 5) is 0. The Hall–Kier alpha value is -0.0800. The van der Waals surface area contributed by atoms with Crippen LogP contribution in [0.3, 0.4) is 0 Å². The van der Waals surface area contributed by atoms with Gasteiger partial charge in [0.05, 0.1) is 11.7 Å². The Labute approximate surface area is 113 Å². The van der Waals surface area contributed by atoms with Crippen molar-refractivity contribution in [1.82, 2.24) is 5.32 Å². The van der Waals surface area contributed by atoms with E-state index in [9.17, 15) is 0 Å². The van der Waals surface area contributed by atoms with Crippen molar-refractivity contribution in [2.24, 2.45) is 5.41 Å². The standard InChI is InChI=1S/C16H31NO/c1-4-15(2,3)13-17-12-14-8-11-16(18-14)9-6-5-7-10-16/h14,17H,4-13H2,1-3H3. The minimum atomic E-state index is 0.283. The Kier molecular flexibility index (Phi) is 4.71. The molecule has 2 aliphatic rings. The topological polar surface area (TPSA) is 21.3 Å². The highest BCUT2D eigenvalue weighted by Gasteiger charge is 2.40. The van der Waals surface area contributed by atoms with Gasteiger partial charge in [0, 0.05) is 13.1 Å². The molecule has 106 valence electrons. The van der Waals surface area contributed by atoms with E-state index < -0.39 is 0 Å². The van der Waals surface area contributed by atoms with Crippen LogP contribution in [0.4, 0.5) is 0 Å². The second-order valence-corrected chi connectivity index (χ2v) is 7.17. The molecule has 2 heteroatoms. The molecule has 0 amide bonds. The molecule has 0 aromatic rings. The second kappa shape index (κ2) is 5.92. The molecule has 1 N–H and O–H groups in total. The van der Waals surface area contributed by atoms with E-state index in [1.807, 2.05) is 0 Å². The normalized spacial score (nSPS) is 27.8. The van der Waals surface area contributed by atoms with Crippen LogP contribution in [0, 0.1) is 5.41 Å². The quantitative estimate of drug-likeness (QED) is 0.802. The Morgan fingerprint density at radius 3 is 2.56 bits per heavy atom. The first-order valence-electron chi connectivity index (χ1n) is 7.94. The molecule has 2 nitrogen and oxygen atoms in total. The minimum absolute atomic E-state index is 0.283. The maximum atomic E-state index is 6.38. The average Bonchev–Trinajstić information content (AvgIpc) is 2.73. The van der Waals surface area contributed by atoms with Crippen molar-refractivity contribution >= 4 is 0 Å². The first-order valence-corrected chi connectivity index (χ1v) is 7.94. The van der Waals surface area contributed by atoms with E-state index in [4.69, 9.17) is 4.74 Å². The summed E-state index contributed by atoms with van der Waals surface area (Å²) in [6, 6.07) is 0. The summed E-state index contributed by atoms with van der Waals surface area (Å²) in [5.74, 6) is 0. The van der Waals surface area contributed by atoms with Gasteiger partial charge >= 0.3 is 0 Å². The van der Waals surface area contributed by atoms with Crippen molar-refractivity contribution in [2.75, 3.05) is 13.1 Å². The zero-order valence-electron chi connectivity index (χ0n) is 12.6. The Balaban J connectivity index is 1.69. The molecule has 1 atom stereocenters. The lowest BCUT2D eigenvalue weighted by Gasteiger charge is -2.33. The molecule has 18 heavy (non-hydrogen) atoms. The number of ether oxygens (including phenoxy) is 1. The number of hydrogen-bond acceptors (Lipinski definition) is 2. The summed E-state index contributed by atoms with van der Waals surface area (Å²) >= 11 is 0. The van der Waals surface area contributed by atoms with Crippen LogP contribution >= 0.6 is 0 Å². The molecule has 0 radical (unpaired) electrons. The molecule has 1 aliphatic heterocycles. The molecule has 1 spiro atoms. The summed E-state index contributed by atoms with van der Waals surface area (Å²) in [5.41, 5.74) is 0.700. The molecule has 1 heterocycles. The van der Waals surface area contributed by atoms with Crippen molar-refractivity contribution in [3.8, 4) is 0 Å². The van der Waals surface area contributed by atoms with E-state index in [1.165, 1.54) is 51.4 Å². The Bertz CT molecular complexity index is 256. The maximum absolute atomic E-state index is 6.38. The van der Waals surface area contributed by atoms with Gasteiger partial charge in [-0.05, 0) is 37.5 Å². The number of rotatable bonds is 5. The van der Waals surface area contributed by atoms with Gasteiger partial charge in [0.1, 0.15) is 0 Å². The molecule has 1 saturated heterocycles. The highest BCUT2D eigenvalue weighted by Crippen LogP contribution is 2.41. The predicted octanol–water partition coefficient (Wildman–Crippen LogP) is 3.89. The van der Waals surface area contributed by atoms with Crippen LogP contribution in [-0.2, 0) is 4.74 Å². The number of nitrogens with one attached hydrogen (secondary N) is 1. The highest BCUT2D eigenvalue weighted by atomic mass is 16.5. The van der Waals surface area contributed by atoms with Crippen molar-refractivity contribution in [3.05, 3.63) is 0 Å². The lowest BCUT2D eigenvalue weighted by molar-refractivity contribution is -0.0627. The monoisotopic (exact) mass is 253 g/mol. The SMILES string of the molecule is CCC(C)(C)CNCC1CCC2(CCCCC2)O1. The summed E-state index contributed by atoms with van der Waals surface area (Å²) in [5, 5.41) is 3.62. The van der Waals surface area contributed by atoms with E-state index in [1.54, 1.807) is 0 Å². The fourth-order valence-electron chi connectivity index (χ4n) is 3.30. The maximum Gasteiger partial charge on any atom is 0.0708 e. The van der Waals surface area contributed by atoms with E-state index >= 15 is 0 Å². The smallest absolute Gasteiger partial charge is 0.0708 e. The van der Waals surface area contributed by atoms with Gasteiger partial charge in [0.25, 0.3) is 0 Å². The molecule has 1 saturated carbocycles. The fourth-order valence-corrected chi connectivity index (χ4v) is 3.30. The summed E-state index contributed by atoms with van der Waals surface area (Å²) < 4.78 is 6.38. The van der Waals surface area contributed by atoms with Crippen molar-refractivity contribution in [1.29, 1.82) is 0 Å². The van der Waals surface area contributed by atoms with Crippen LogP contribution in [0.25, 0.3) is 0 Å². The average molecular weight is 253 g/mol. The fraction of sp³-hybridized carbons (Fsp3) is 1.00. The van der Waals surface area contributed by atoms with Gasteiger partial charge in [-0.1, -0.05) is 40.0 Å². The summed E-state index contributed by atoms with van der Waals surface area (Å²) in [6.45, 7) is 9.09. The lowest BCUT2D eigenvalue weighted by Crippen LogP contribution is -2.37. The lowest BCUT2D eigenvalue weighted by atomic mass is 9.83. The zero-order valence-corrected chi connectivity index (χ0v) is 12.6. The highest BCUT2D eigenvalue weighted by molar-refractivity contribution is 4.91. The molecular weight excluding hydrogens is 222 g/mol. The minimum Gasteiger partial charge on any atom is -0.370 e. The van der Waals surface area contributed by atoms with Crippen LogP contribution in [0.15, 0.2) is 0 Å². The molecule has 1 aliphatic carbocycles. The van der Waals surface area contributed by atoms with Gasteiger partial charge in [-0.2, -0.15) is 0 Å². The molecule has 0 bridgehead atoms. The van der Waals surface area contributed by atoms with Crippen LogP contribution in [0.1, 0.15) is 72.1 Å². The Morgan fingerprint density at radius 1 is 1.17 bits per heavy atom. The molecule has 2 rings (SSSR count). The van der Waals surface area contributed by atoms with E-state index in [2.05, 4.69) is 26.1 Å². The molecule has 0 aromatic heterocycles. The zero-order chi connectivity index (χ0) is 13.1. The van der Waals surface area contributed by atoms with Gasteiger partial charge < -0.3 is 10.1 Å². The van der Waals surface area contributed by atoms with Gasteiger partial charge in [0.15, 0.2) is 0 Å². The summed E-state index contributed by atoms with van der Waals surface area (Å²) in [6.07, 6.45) is 11.1. The number of hydrogen-bond donors (Lipinski definition) is 1.